The first-order chi connectivity index (χ1) is 9.75. The van der Waals surface area contributed by atoms with E-state index in [0.29, 0.717) is 0 Å². The zero-order valence-corrected chi connectivity index (χ0v) is 10.9. The second-order valence-electron chi connectivity index (χ2n) is 3.82. The van der Waals surface area contributed by atoms with E-state index in [1.54, 1.807) is 0 Å². The van der Waals surface area contributed by atoms with Crippen LogP contribution in [0.3, 0.4) is 0 Å². The number of halogens is 3. The van der Waals surface area contributed by atoms with E-state index in [9.17, 15) is 22.8 Å². The summed E-state index contributed by atoms with van der Waals surface area (Å²) in [5.41, 5.74) is 0.00964. The Balaban J connectivity index is 1.98. The van der Waals surface area contributed by atoms with Crippen molar-refractivity contribution >= 4 is 28.2 Å². The molecule has 2 aromatic heterocycles. The Morgan fingerprint density at radius 1 is 1.43 bits per heavy atom. The fraction of sp³-hybridized carbons (Fsp3) is 0.200. The molecular weight excluding hydrogens is 313 g/mol. The van der Waals surface area contributed by atoms with E-state index >= 15 is 0 Å². The van der Waals surface area contributed by atoms with Crippen LogP contribution < -0.4 is 5.32 Å². The lowest BCUT2D eigenvalue weighted by atomic mass is 10.3. The Bertz CT molecular complexity index is 679. The molecule has 2 rings (SSSR count). The molecule has 0 aliphatic rings. The summed E-state index contributed by atoms with van der Waals surface area (Å²) in [4.78, 5) is 25.3. The van der Waals surface area contributed by atoms with Gasteiger partial charge in [0.1, 0.15) is 12.9 Å². The van der Waals surface area contributed by atoms with E-state index in [0.717, 1.165) is 22.3 Å². The van der Waals surface area contributed by atoms with E-state index < -0.39 is 30.4 Å². The Morgan fingerprint density at radius 2 is 2.14 bits per heavy atom. The van der Waals surface area contributed by atoms with E-state index in [1.165, 1.54) is 11.4 Å². The van der Waals surface area contributed by atoms with Gasteiger partial charge in [-0.15, -0.1) is 16.4 Å². The number of hydrogen-bond acceptors (Lipinski definition) is 5. The van der Waals surface area contributed by atoms with Gasteiger partial charge in [0.05, 0.1) is 10.6 Å². The van der Waals surface area contributed by atoms with Crippen molar-refractivity contribution < 1.29 is 27.9 Å². The van der Waals surface area contributed by atoms with Gasteiger partial charge in [-0.05, 0) is 6.07 Å². The van der Waals surface area contributed by atoms with Crippen LogP contribution in [-0.4, -0.2) is 31.7 Å². The van der Waals surface area contributed by atoms with Crippen LogP contribution in [0.5, 0.6) is 0 Å². The van der Waals surface area contributed by atoms with Gasteiger partial charge in [0, 0.05) is 5.38 Å². The average molecular weight is 320 g/mol. The monoisotopic (exact) mass is 320 g/mol. The highest BCUT2D eigenvalue weighted by molar-refractivity contribution is 7.14. The van der Waals surface area contributed by atoms with E-state index in [2.05, 4.69) is 15.4 Å². The fourth-order valence-corrected chi connectivity index (χ4v) is 2.13. The third-order valence-corrected chi connectivity index (χ3v) is 3.05. The minimum atomic E-state index is -4.67. The summed E-state index contributed by atoms with van der Waals surface area (Å²) < 4.78 is 37.6. The lowest BCUT2D eigenvalue weighted by Gasteiger charge is -2.02. The summed E-state index contributed by atoms with van der Waals surface area (Å²) in [6.45, 7) is -0.469. The molecule has 0 saturated carbocycles. The van der Waals surface area contributed by atoms with Crippen molar-refractivity contribution in [3.8, 4) is 0 Å². The van der Waals surface area contributed by atoms with Crippen molar-refractivity contribution in [2.75, 3.05) is 5.32 Å². The number of carbonyl (C=O) groups is 2. The van der Waals surface area contributed by atoms with E-state index in [1.807, 2.05) is 0 Å². The molecule has 0 fully saturated rings. The Kier molecular flexibility index (Phi) is 3.93. The molecule has 2 heterocycles. The highest BCUT2D eigenvalue weighted by Gasteiger charge is 2.35. The molecule has 0 aliphatic heterocycles. The normalized spacial score (nSPS) is 11.4. The lowest BCUT2D eigenvalue weighted by molar-refractivity contribution is -0.145. The zero-order valence-electron chi connectivity index (χ0n) is 10.1. The van der Waals surface area contributed by atoms with Crippen molar-refractivity contribution in [2.24, 2.45) is 0 Å². The van der Waals surface area contributed by atoms with Gasteiger partial charge in [0.25, 0.3) is 5.82 Å². The molecule has 0 bridgehead atoms. The second kappa shape index (κ2) is 5.52. The molecule has 21 heavy (non-hydrogen) atoms. The number of carboxylic acids is 1. The second-order valence-corrected chi connectivity index (χ2v) is 4.73. The summed E-state index contributed by atoms with van der Waals surface area (Å²) in [5.74, 6) is -3.12. The first-order valence-electron chi connectivity index (χ1n) is 5.34. The standard InChI is InChI=1S/C10H7F3N4O3S/c11-10(12,13)9-14-4-17(16-9)2-6(18)15-7-1-5(3-21-7)8(19)20/h1,3-4H,2H2,(H,15,18)(H,19,20). The maximum Gasteiger partial charge on any atom is 0.453 e. The Morgan fingerprint density at radius 3 is 2.67 bits per heavy atom. The molecule has 1 amide bonds. The smallest absolute Gasteiger partial charge is 0.453 e. The van der Waals surface area contributed by atoms with Gasteiger partial charge in [-0.25, -0.2) is 14.5 Å². The van der Waals surface area contributed by atoms with Crippen LogP contribution in [0.2, 0.25) is 0 Å². The number of rotatable bonds is 4. The van der Waals surface area contributed by atoms with Gasteiger partial charge in [-0.3, -0.25) is 4.79 Å². The minimum Gasteiger partial charge on any atom is -0.478 e. The fourth-order valence-electron chi connectivity index (χ4n) is 1.34. The summed E-state index contributed by atoms with van der Waals surface area (Å²) >= 11 is 0.988. The SMILES string of the molecule is O=C(Cn1cnc(C(F)(F)F)n1)Nc1cc(C(=O)O)cs1. The van der Waals surface area contributed by atoms with Crippen LogP contribution in [-0.2, 0) is 17.5 Å². The number of nitrogens with zero attached hydrogens (tertiary/aromatic N) is 3. The average Bonchev–Trinajstić information content (AvgIpc) is 2.97. The summed E-state index contributed by atoms with van der Waals surface area (Å²) in [6.07, 6.45) is -3.88. The van der Waals surface area contributed by atoms with Gasteiger partial charge in [0.2, 0.25) is 5.91 Å². The topological polar surface area (TPSA) is 97.1 Å². The molecule has 0 saturated heterocycles. The molecule has 2 aromatic rings. The maximum atomic E-state index is 12.3. The van der Waals surface area contributed by atoms with Gasteiger partial charge in [0.15, 0.2) is 0 Å². The number of alkyl halides is 3. The highest BCUT2D eigenvalue weighted by atomic mass is 32.1. The third-order valence-electron chi connectivity index (χ3n) is 2.20. The summed E-state index contributed by atoms with van der Waals surface area (Å²) in [5, 5.41) is 15.8. The zero-order chi connectivity index (χ0) is 15.6. The molecule has 11 heteroatoms. The third kappa shape index (κ3) is 3.78. The van der Waals surface area contributed by atoms with Gasteiger partial charge in [-0.2, -0.15) is 13.2 Å². The number of amides is 1. The maximum absolute atomic E-state index is 12.3. The van der Waals surface area contributed by atoms with E-state index in [4.69, 9.17) is 5.11 Å². The van der Waals surface area contributed by atoms with E-state index in [-0.39, 0.29) is 10.6 Å². The van der Waals surface area contributed by atoms with Crippen LogP contribution in [0.4, 0.5) is 18.2 Å². The van der Waals surface area contributed by atoms with Crippen LogP contribution in [0.25, 0.3) is 0 Å². The largest absolute Gasteiger partial charge is 0.478 e. The number of anilines is 1. The van der Waals surface area contributed by atoms with Gasteiger partial charge in [-0.1, -0.05) is 0 Å². The van der Waals surface area contributed by atoms with Crippen molar-refractivity contribution in [3.05, 3.63) is 29.2 Å². The highest BCUT2D eigenvalue weighted by Crippen LogP contribution is 2.25. The number of thiophene rings is 1. The number of hydrogen-bond donors (Lipinski definition) is 2. The lowest BCUT2D eigenvalue weighted by Crippen LogP contribution is -2.19. The first kappa shape index (κ1) is 15.0. The van der Waals surface area contributed by atoms with Gasteiger partial charge >= 0.3 is 12.1 Å². The molecule has 0 radical (unpaired) electrons. The molecule has 7 nitrogen and oxygen atoms in total. The first-order valence-corrected chi connectivity index (χ1v) is 6.22. The number of carbonyl (C=O) groups excluding carboxylic acids is 1. The Hall–Kier alpha value is -2.43. The summed E-state index contributed by atoms with van der Waals surface area (Å²) in [7, 11) is 0. The van der Waals surface area contributed by atoms with Crippen LogP contribution in [0.1, 0.15) is 16.2 Å². The Labute approximate surface area is 119 Å². The van der Waals surface area contributed by atoms with Crippen LogP contribution >= 0.6 is 11.3 Å². The predicted octanol–water partition coefficient (Wildman–Crippen LogP) is 1.70. The molecule has 2 N–H and O–H groups in total. The predicted molar refractivity (Wildman–Crippen MR) is 64.9 cm³/mol. The molecule has 0 unspecified atom stereocenters. The van der Waals surface area contributed by atoms with Crippen molar-refractivity contribution in [1.82, 2.24) is 14.8 Å². The molecule has 112 valence electrons. The van der Waals surface area contributed by atoms with Crippen LogP contribution in [0.15, 0.2) is 17.8 Å². The minimum absolute atomic E-state index is 0.00964. The number of carboxylic acid groups (broad SMARTS) is 1. The molecule has 0 spiro atoms. The van der Waals surface area contributed by atoms with Gasteiger partial charge < -0.3 is 10.4 Å². The number of aromatic nitrogens is 3. The summed E-state index contributed by atoms with van der Waals surface area (Å²) in [6, 6.07) is 1.24. The molecule has 0 aromatic carbocycles. The number of nitrogens with one attached hydrogen (secondary N) is 1. The molecular formula is C10H7F3N4O3S. The molecule has 0 aliphatic carbocycles. The number of aromatic carboxylic acids is 1. The van der Waals surface area contributed by atoms with Crippen molar-refractivity contribution in [1.29, 1.82) is 0 Å². The quantitative estimate of drug-likeness (QED) is 0.893. The molecule has 0 atom stereocenters. The van der Waals surface area contributed by atoms with Crippen molar-refractivity contribution in [3.63, 3.8) is 0 Å². The van der Waals surface area contributed by atoms with Crippen LogP contribution in [0, 0.1) is 0 Å². The van der Waals surface area contributed by atoms with Crippen molar-refractivity contribution in [2.45, 2.75) is 12.7 Å².